The maximum absolute atomic E-state index is 12.0. The molecule has 1 fully saturated rings. The van der Waals surface area contributed by atoms with E-state index in [1.54, 1.807) is 11.3 Å². The molecule has 5 nitrogen and oxygen atoms in total. The first-order valence-electron chi connectivity index (χ1n) is 7.49. The van der Waals surface area contributed by atoms with Gasteiger partial charge in [-0.3, -0.25) is 4.79 Å². The SMILES string of the molecule is CCOC(=O)C(C)(C)c1csc(NCC2CCN(C)C2)n1. The third-order valence-electron chi connectivity index (χ3n) is 3.96. The first-order valence-corrected chi connectivity index (χ1v) is 8.37. The highest BCUT2D eigenvalue weighted by Crippen LogP contribution is 2.28. The Kier molecular flexibility index (Phi) is 5.22. The standard InChI is InChI=1S/C15H25N3O2S/c1-5-20-13(19)15(2,3)12-10-21-14(17-12)16-8-11-6-7-18(4)9-11/h10-11H,5-9H2,1-4H3,(H,16,17). The van der Waals surface area contributed by atoms with Gasteiger partial charge in [0.05, 0.1) is 12.3 Å². The molecule has 0 amide bonds. The van der Waals surface area contributed by atoms with Crippen molar-refractivity contribution in [1.82, 2.24) is 9.88 Å². The van der Waals surface area contributed by atoms with Crippen LogP contribution < -0.4 is 5.32 Å². The summed E-state index contributed by atoms with van der Waals surface area (Å²) >= 11 is 1.55. The maximum atomic E-state index is 12.0. The van der Waals surface area contributed by atoms with Crippen LogP contribution in [-0.2, 0) is 14.9 Å². The molecular formula is C15H25N3O2S. The van der Waals surface area contributed by atoms with Gasteiger partial charge in [-0.15, -0.1) is 11.3 Å². The van der Waals surface area contributed by atoms with Crippen LogP contribution in [0.4, 0.5) is 5.13 Å². The zero-order valence-electron chi connectivity index (χ0n) is 13.3. The third kappa shape index (κ3) is 3.95. The van der Waals surface area contributed by atoms with Crippen LogP contribution in [0.15, 0.2) is 5.38 Å². The van der Waals surface area contributed by atoms with E-state index in [9.17, 15) is 4.79 Å². The second-order valence-corrected chi connectivity index (χ2v) is 7.04. The van der Waals surface area contributed by atoms with Gasteiger partial charge < -0.3 is 15.0 Å². The first kappa shape index (κ1) is 16.2. The van der Waals surface area contributed by atoms with E-state index in [0.29, 0.717) is 12.5 Å². The maximum Gasteiger partial charge on any atom is 0.317 e. The summed E-state index contributed by atoms with van der Waals surface area (Å²) in [5.41, 5.74) is 0.0806. The highest BCUT2D eigenvalue weighted by Gasteiger charge is 2.34. The summed E-state index contributed by atoms with van der Waals surface area (Å²) in [7, 11) is 2.16. The summed E-state index contributed by atoms with van der Waals surface area (Å²) in [6.45, 7) is 9.18. The second kappa shape index (κ2) is 6.75. The molecule has 0 aliphatic carbocycles. The topological polar surface area (TPSA) is 54.5 Å². The van der Waals surface area contributed by atoms with E-state index in [2.05, 4.69) is 22.2 Å². The number of nitrogens with zero attached hydrogens (tertiary/aromatic N) is 2. The summed E-state index contributed by atoms with van der Waals surface area (Å²) < 4.78 is 5.12. The van der Waals surface area contributed by atoms with Crippen LogP contribution in [0.5, 0.6) is 0 Å². The number of nitrogens with one attached hydrogen (secondary N) is 1. The van der Waals surface area contributed by atoms with Gasteiger partial charge in [-0.2, -0.15) is 0 Å². The van der Waals surface area contributed by atoms with E-state index in [0.717, 1.165) is 23.9 Å². The van der Waals surface area contributed by atoms with Crippen molar-refractivity contribution >= 4 is 22.4 Å². The van der Waals surface area contributed by atoms with Gasteiger partial charge in [-0.25, -0.2) is 4.98 Å². The number of esters is 1. The van der Waals surface area contributed by atoms with Crippen LogP contribution in [0.1, 0.15) is 32.9 Å². The number of ether oxygens (including phenoxy) is 1. The molecule has 21 heavy (non-hydrogen) atoms. The van der Waals surface area contributed by atoms with Gasteiger partial charge in [-0.05, 0) is 46.7 Å². The number of carbonyl (C=O) groups excluding carboxylic acids is 1. The van der Waals surface area contributed by atoms with Crippen LogP contribution in [0.3, 0.4) is 0 Å². The van der Waals surface area contributed by atoms with Crippen LogP contribution >= 0.6 is 11.3 Å². The summed E-state index contributed by atoms with van der Waals surface area (Å²) in [4.78, 5) is 18.9. The molecule has 1 aromatic heterocycles. The predicted molar refractivity (Wildman–Crippen MR) is 85.9 cm³/mol. The average Bonchev–Trinajstić information content (AvgIpc) is 3.05. The van der Waals surface area contributed by atoms with Gasteiger partial charge in [0.15, 0.2) is 5.13 Å². The fraction of sp³-hybridized carbons (Fsp3) is 0.733. The van der Waals surface area contributed by atoms with Gasteiger partial charge in [0, 0.05) is 18.5 Å². The summed E-state index contributed by atoms with van der Waals surface area (Å²) in [6.07, 6.45) is 1.23. The molecule has 1 atom stereocenters. The molecule has 2 heterocycles. The lowest BCUT2D eigenvalue weighted by molar-refractivity contribution is -0.148. The largest absolute Gasteiger partial charge is 0.465 e. The number of aromatic nitrogens is 1. The summed E-state index contributed by atoms with van der Waals surface area (Å²) in [5.74, 6) is 0.458. The number of likely N-dealkylation sites (tertiary alicyclic amines) is 1. The lowest BCUT2D eigenvalue weighted by atomic mass is 9.90. The number of thiazole rings is 1. The van der Waals surface area contributed by atoms with Gasteiger partial charge >= 0.3 is 5.97 Å². The number of hydrogen-bond donors (Lipinski definition) is 1. The fourth-order valence-electron chi connectivity index (χ4n) is 2.48. The molecule has 0 bridgehead atoms. The molecule has 1 unspecified atom stereocenters. The van der Waals surface area contributed by atoms with Crippen LogP contribution in [0.2, 0.25) is 0 Å². The van der Waals surface area contributed by atoms with Crippen molar-refractivity contribution in [2.45, 2.75) is 32.6 Å². The zero-order valence-corrected chi connectivity index (χ0v) is 14.1. The molecule has 0 aromatic carbocycles. The molecule has 0 saturated carbocycles. The molecule has 0 spiro atoms. The fourth-order valence-corrected chi connectivity index (χ4v) is 3.37. The lowest BCUT2D eigenvalue weighted by Crippen LogP contribution is -2.31. The van der Waals surface area contributed by atoms with Crippen molar-refractivity contribution in [1.29, 1.82) is 0 Å². The number of rotatable bonds is 6. The minimum absolute atomic E-state index is 0.223. The van der Waals surface area contributed by atoms with E-state index >= 15 is 0 Å². The first-order chi connectivity index (χ1) is 9.93. The Bertz CT molecular complexity index is 487. The molecule has 6 heteroatoms. The molecule has 1 saturated heterocycles. The number of anilines is 1. The highest BCUT2D eigenvalue weighted by molar-refractivity contribution is 7.13. The van der Waals surface area contributed by atoms with Crippen molar-refractivity contribution < 1.29 is 9.53 Å². The molecule has 118 valence electrons. The van der Waals surface area contributed by atoms with Gasteiger partial charge in [0.1, 0.15) is 5.41 Å². The Labute approximate surface area is 130 Å². The van der Waals surface area contributed by atoms with Gasteiger partial charge in [0.2, 0.25) is 0 Å². The quantitative estimate of drug-likeness (QED) is 0.817. The van der Waals surface area contributed by atoms with Crippen LogP contribution in [-0.4, -0.2) is 49.1 Å². The second-order valence-electron chi connectivity index (χ2n) is 6.18. The zero-order chi connectivity index (χ0) is 15.5. The minimum Gasteiger partial charge on any atom is -0.465 e. The molecule has 2 rings (SSSR count). The van der Waals surface area contributed by atoms with Gasteiger partial charge in [0.25, 0.3) is 0 Å². The molecule has 1 aliphatic rings. The normalized spacial score (nSPS) is 19.7. The van der Waals surface area contributed by atoms with Crippen molar-refractivity contribution in [3.05, 3.63) is 11.1 Å². The number of hydrogen-bond acceptors (Lipinski definition) is 6. The Hall–Kier alpha value is -1.14. The summed E-state index contributed by atoms with van der Waals surface area (Å²) in [5, 5.41) is 6.23. The smallest absolute Gasteiger partial charge is 0.317 e. The summed E-state index contributed by atoms with van der Waals surface area (Å²) in [6, 6.07) is 0. The molecule has 1 N–H and O–H groups in total. The van der Waals surface area contributed by atoms with Crippen LogP contribution in [0.25, 0.3) is 0 Å². The van der Waals surface area contributed by atoms with Gasteiger partial charge in [-0.1, -0.05) is 0 Å². The Balaban J connectivity index is 1.93. The van der Waals surface area contributed by atoms with Crippen LogP contribution in [0, 0.1) is 5.92 Å². The van der Waals surface area contributed by atoms with Crippen molar-refractivity contribution in [2.75, 3.05) is 38.6 Å². The Morgan fingerprint density at radius 3 is 3.00 bits per heavy atom. The Morgan fingerprint density at radius 1 is 1.62 bits per heavy atom. The molecular weight excluding hydrogens is 286 g/mol. The molecule has 0 radical (unpaired) electrons. The average molecular weight is 311 g/mol. The van der Waals surface area contributed by atoms with E-state index in [1.807, 2.05) is 26.2 Å². The Morgan fingerprint density at radius 2 is 2.38 bits per heavy atom. The van der Waals surface area contributed by atoms with E-state index in [-0.39, 0.29) is 5.97 Å². The monoisotopic (exact) mass is 311 g/mol. The van der Waals surface area contributed by atoms with E-state index in [1.165, 1.54) is 13.0 Å². The molecule has 1 aromatic rings. The predicted octanol–water partition coefficient (Wildman–Crippen LogP) is 2.35. The molecule has 1 aliphatic heterocycles. The lowest BCUT2D eigenvalue weighted by Gasteiger charge is -2.19. The van der Waals surface area contributed by atoms with Crippen molar-refractivity contribution in [3.8, 4) is 0 Å². The third-order valence-corrected chi connectivity index (χ3v) is 4.76. The van der Waals surface area contributed by atoms with Crippen molar-refractivity contribution in [2.24, 2.45) is 5.92 Å². The van der Waals surface area contributed by atoms with E-state index in [4.69, 9.17) is 4.74 Å². The highest BCUT2D eigenvalue weighted by atomic mass is 32.1. The van der Waals surface area contributed by atoms with E-state index < -0.39 is 5.41 Å². The number of carbonyl (C=O) groups is 1. The van der Waals surface area contributed by atoms with Crippen molar-refractivity contribution in [3.63, 3.8) is 0 Å². The minimum atomic E-state index is -0.694.